The molecule has 0 amide bonds. The summed E-state index contributed by atoms with van der Waals surface area (Å²) in [4.78, 5) is 20.5. The molecule has 0 aliphatic carbocycles. The van der Waals surface area contributed by atoms with Crippen LogP contribution < -0.4 is 0 Å². The number of ketones is 1. The molecule has 6 nitrogen and oxygen atoms in total. The molecule has 0 saturated heterocycles. The lowest BCUT2D eigenvalue weighted by atomic mass is 10.0. The largest absolute Gasteiger partial charge is 0.390 e. The Morgan fingerprint density at radius 2 is 1.85 bits per heavy atom. The minimum atomic E-state index is -1.72. The van der Waals surface area contributed by atoms with Gasteiger partial charge in [0.1, 0.15) is 18.8 Å². The van der Waals surface area contributed by atoms with Crippen LogP contribution in [0.25, 0.3) is 0 Å². The van der Waals surface area contributed by atoms with Gasteiger partial charge in [-0.25, -0.2) is 0 Å². The molecule has 0 aromatic heterocycles. The van der Waals surface area contributed by atoms with Gasteiger partial charge in [-0.3, -0.25) is 4.79 Å². The number of Topliss-reactive ketones (excluding diaryl/α,β-unsaturated/α-hetero) is 1. The zero-order chi connectivity index (χ0) is 10.4. The van der Waals surface area contributed by atoms with Gasteiger partial charge in [0.2, 0.25) is 0 Å². The van der Waals surface area contributed by atoms with E-state index in [1.54, 1.807) is 0 Å². The van der Waals surface area contributed by atoms with Crippen molar-refractivity contribution in [3.63, 3.8) is 0 Å². The monoisotopic (exact) mass is 192 g/mol. The highest BCUT2D eigenvalue weighted by Gasteiger charge is 2.25. The Balaban J connectivity index is 4.02. The maximum Gasteiger partial charge on any atom is 0.160 e. The van der Waals surface area contributed by atoms with Crippen molar-refractivity contribution >= 4 is 12.1 Å². The zero-order valence-electron chi connectivity index (χ0n) is 6.83. The molecule has 0 fully saturated rings. The molecule has 6 heteroatoms. The summed E-state index contributed by atoms with van der Waals surface area (Å²) in [6.45, 7) is -0.749. The Morgan fingerprint density at radius 1 is 1.31 bits per heavy atom. The first-order valence-corrected chi connectivity index (χ1v) is 3.65. The molecule has 3 atom stereocenters. The molecule has 0 radical (unpaired) electrons. The topological polar surface area (TPSA) is 115 Å². The van der Waals surface area contributed by atoms with Crippen molar-refractivity contribution in [2.24, 2.45) is 0 Å². The number of aliphatic hydroxyl groups is 4. The van der Waals surface area contributed by atoms with Crippen molar-refractivity contribution in [3.8, 4) is 0 Å². The summed E-state index contributed by atoms with van der Waals surface area (Å²) in [5, 5.41) is 35.0. The molecule has 0 aliphatic heterocycles. The molecule has 13 heavy (non-hydrogen) atoms. The third-order valence-corrected chi connectivity index (χ3v) is 1.50. The molecular formula is C7H12O6. The highest BCUT2D eigenvalue weighted by Crippen LogP contribution is 2.03. The Bertz CT molecular complexity index is 180. The Morgan fingerprint density at radius 3 is 2.23 bits per heavy atom. The average Bonchev–Trinajstić information content (AvgIpc) is 2.14. The molecule has 4 N–H and O–H groups in total. The molecule has 0 rings (SSSR count). The average molecular weight is 192 g/mol. The number of carbonyl (C=O) groups excluding carboxylic acids is 2. The van der Waals surface area contributed by atoms with Gasteiger partial charge >= 0.3 is 0 Å². The summed E-state index contributed by atoms with van der Waals surface area (Å²) in [6, 6.07) is 0. The maximum atomic E-state index is 10.5. The van der Waals surface area contributed by atoms with E-state index in [1.807, 2.05) is 0 Å². The van der Waals surface area contributed by atoms with Crippen LogP contribution in [0.2, 0.25) is 0 Å². The van der Waals surface area contributed by atoms with E-state index in [-0.39, 0.29) is 6.29 Å². The maximum absolute atomic E-state index is 10.5. The molecule has 0 aromatic carbocycles. The number of carbonyl (C=O) groups is 2. The first-order chi connectivity index (χ1) is 6.02. The Hall–Kier alpha value is -0.820. The first-order valence-electron chi connectivity index (χ1n) is 3.65. The van der Waals surface area contributed by atoms with E-state index < -0.39 is 37.1 Å². The fourth-order valence-electron chi connectivity index (χ4n) is 0.727. The number of hydrogen-bond donors (Lipinski definition) is 4. The normalized spacial score (nSPS) is 17.5. The van der Waals surface area contributed by atoms with E-state index in [9.17, 15) is 9.59 Å². The van der Waals surface area contributed by atoms with Gasteiger partial charge in [0, 0.05) is 6.42 Å². The fourth-order valence-corrected chi connectivity index (χ4v) is 0.727. The summed E-state index contributed by atoms with van der Waals surface area (Å²) < 4.78 is 0. The summed E-state index contributed by atoms with van der Waals surface area (Å²) >= 11 is 0. The number of aldehydes is 1. The quantitative estimate of drug-likeness (QED) is 0.338. The van der Waals surface area contributed by atoms with Crippen LogP contribution in [0, 0.1) is 0 Å². The van der Waals surface area contributed by atoms with Crippen molar-refractivity contribution < 1.29 is 30.0 Å². The molecule has 0 aliphatic rings. The van der Waals surface area contributed by atoms with Crippen LogP contribution in [-0.4, -0.2) is 57.4 Å². The number of hydrogen-bond acceptors (Lipinski definition) is 6. The highest BCUT2D eigenvalue weighted by atomic mass is 16.4. The number of aliphatic hydroxyl groups excluding tert-OH is 4. The third kappa shape index (κ3) is 4.09. The predicted octanol–water partition coefficient (Wildman–Crippen LogP) is -2.78. The van der Waals surface area contributed by atoms with E-state index in [0.29, 0.717) is 0 Å². The van der Waals surface area contributed by atoms with Crippen LogP contribution in [0.1, 0.15) is 6.42 Å². The van der Waals surface area contributed by atoms with Gasteiger partial charge in [-0.2, -0.15) is 0 Å². The lowest BCUT2D eigenvalue weighted by molar-refractivity contribution is -0.133. The fraction of sp³-hybridized carbons (Fsp3) is 0.714. The van der Waals surface area contributed by atoms with Crippen LogP contribution in [0.3, 0.4) is 0 Å². The van der Waals surface area contributed by atoms with E-state index >= 15 is 0 Å². The molecule has 0 saturated carbocycles. The number of rotatable bonds is 6. The SMILES string of the molecule is O=C[C@@H](O)[C@@H](O)[C@H](O)CC(=O)CO. The van der Waals surface area contributed by atoms with Crippen LogP contribution in [0.5, 0.6) is 0 Å². The molecular weight excluding hydrogens is 180 g/mol. The summed E-state index contributed by atoms with van der Waals surface area (Å²) in [6.07, 6.45) is -5.41. The van der Waals surface area contributed by atoms with E-state index in [4.69, 9.17) is 20.4 Å². The van der Waals surface area contributed by atoms with Crippen LogP contribution in [0.4, 0.5) is 0 Å². The highest BCUT2D eigenvalue weighted by molar-refractivity contribution is 5.80. The van der Waals surface area contributed by atoms with Gasteiger partial charge < -0.3 is 25.2 Å². The van der Waals surface area contributed by atoms with Crippen LogP contribution in [-0.2, 0) is 9.59 Å². The van der Waals surface area contributed by atoms with Gasteiger partial charge in [0.15, 0.2) is 12.1 Å². The minimum absolute atomic E-state index is 0.0529. The second-order valence-corrected chi connectivity index (χ2v) is 2.59. The molecule has 0 aromatic rings. The standard InChI is InChI=1S/C7H12O6/c8-2-4(10)1-5(11)7(13)6(12)3-9/h3,5-8,11-13H,1-2H2/t5-,6-,7+/m1/s1. The van der Waals surface area contributed by atoms with Gasteiger partial charge in [-0.05, 0) is 0 Å². The Labute approximate surface area is 74.4 Å². The molecule has 0 unspecified atom stereocenters. The van der Waals surface area contributed by atoms with Crippen LogP contribution >= 0.6 is 0 Å². The van der Waals surface area contributed by atoms with E-state index in [1.165, 1.54) is 0 Å². The third-order valence-electron chi connectivity index (χ3n) is 1.50. The van der Waals surface area contributed by atoms with Crippen molar-refractivity contribution in [2.75, 3.05) is 6.61 Å². The van der Waals surface area contributed by atoms with Crippen molar-refractivity contribution in [1.82, 2.24) is 0 Å². The Kier molecular flexibility index (Phi) is 5.40. The van der Waals surface area contributed by atoms with Gasteiger partial charge in [0.05, 0.1) is 6.10 Å². The van der Waals surface area contributed by atoms with Crippen LogP contribution in [0.15, 0.2) is 0 Å². The first kappa shape index (κ1) is 12.2. The van der Waals surface area contributed by atoms with E-state index in [2.05, 4.69) is 0 Å². The van der Waals surface area contributed by atoms with E-state index in [0.717, 1.165) is 0 Å². The van der Waals surface area contributed by atoms with Gasteiger partial charge in [-0.15, -0.1) is 0 Å². The van der Waals surface area contributed by atoms with Gasteiger partial charge in [-0.1, -0.05) is 0 Å². The lowest BCUT2D eigenvalue weighted by Crippen LogP contribution is -2.39. The van der Waals surface area contributed by atoms with Crippen molar-refractivity contribution in [2.45, 2.75) is 24.7 Å². The second kappa shape index (κ2) is 5.76. The zero-order valence-corrected chi connectivity index (χ0v) is 6.83. The molecule has 0 spiro atoms. The minimum Gasteiger partial charge on any atom is -0.390 e. The summed E-state index contributed by atoms with van der Waals surface area (Å²) in [5.74, 6) is -0.676. The lowest BCUT2D eigenvalue weighted by Gasteiger charge is -2.18. The summed E-state index contributed by atoms with van der Waals surface area (Å²) in [7, 11) is 0. The van der Waals surface area contributed by atoms with Gasteiger partial charge in [0.25, 0.3) is 0 Å². The molecule has 0 bridgehead atoms. The second-order valence-electron chi connectivity index (χ2n) is 2.59. The smallest absolute Gasteiger partial charge is 0.160 e. The van der Waals surface area contributed by atoms with Crippen molar-refractivity contribution in [3.05, 3.63) is 0 Å². The summed E-state index contributed by atoms with van der Waals surface area (Å²) in [5.41, 5.74) is 0. The molecule has 76 valence electrons. The van der Waals surface area contributed by atoms with Crippen molar-refractivity contribution in [1.29, 1.82) is 0 Å². The predicted molar refractivity (Wildman–Crippen MR) is 40.8 cm³/mol. The molecule has 0 heterocycles.